The van der Waals surface area contributed by atoms with Gasteiger partial charge in [0.1, 0.15) is 0 Å². The van der Waals surface area contributed by atoms with Crippen molar-refractivity contribution in [1.29, 1.82) is 0 Å². The molecule has 0 aliphatic carbocycles. The van der Waals surface area contributed by atoms with Crippen molar-refractivity contribution in [2.45, 2.75) is 18.1 Å². The summed E-state index contributed by atoms with van der Waals surface area (Å²) in [6.07, 6.45) is 0.134. The fraction of sp³-hybridized carbons (Fsp3) is 0.357. The Balaban J connectivity index is 1.98. The van der Waals surface area contributed by atoms with Gasteiger partial charge in [-0.2, -0.15) is 0 Å². The number of rotatable bonds is 8. The summed E-state index contributed by atoms with van der Waals surface area (Å²) in [5.41, 5.74) is 6.19. The molecule has 0 fully saturated rings. The van der Waals surface area contributed by atoms with E-state index in [9.17, 15) is 9.59 Å². The minimum Gasteiger partial charge on any atom is -0.370 e. The molecule has 0 saturated heterocycles. The molecular formula is C14H18N6O2S. The quantitative estimate of drug-likeness (QED) is 0.691. The maximum Gasteiger partial charge on any atom is 0.233 e. The first-order valence-corrected chi connectivity index (χ1v) is 8.00. The number of thioether (sulfide) groups is 1. The molecule has 0 aliphatic rings. The van der Waals surface area contributed by atoms with Gasteiger partial charge in [0.2, 0.25) is 17.0 Å². The smallest absolute Gasteiger partial charge is 0.233 e. The van der Waals surface area contributed by atoms with Crippen LogP contribution in [0.5, 0.6) is 0 Å². The van der Waals surface area contributed by atoms with Crippen molar-refractivity contribution in [3.05, 3.63) is 35.9 Å². The number of nitrogens with two attached hydrogens (primary N) is 1. The molecule has 23 heavy (non-hydrogen) atoms. The second kappa shape index (κ2) is 8.28. The standard InChI is InChI=1S/C14H18N6O2S/c1-19-14(16-17-18-19)23-10-13(22)20(8-7-12(15)21)9-11-5-3-2-4-6-11/h2-6H,7-10H2,1H3,(H2,15,21). The number of amides is 2. The lowest BCUT2D eigenvalue weighted by atomic mass is 10.2. The van der Waals surface area contributed by atoms with Crippen molar-refractivity contribution in [2.24, 2.45) is 12.8 Å². The molecule has 1 heterocycles. The van der Waals surface area contributed by atoms with E-state index in [1.807, 2.05) is 30.3 Å². The van der Waals surface area contributed by atoms with Gasteiger partial charge in [0.05, 0.1) is 5.75 Å². The highest BCUT2D eigenvalue weighted by atomic mass is 32.2. The molecule has 122 valence electrons. The number of hydrogen-bond donors (Lipinski definition) is 1. The molecule has 2 amide bonds. The predicted molar refractivity (Wildman–Crippen MR) is 85.2 cm³/mol. The highest BCUT2D eigenvalue weighted by Gasteiger charge is 2.16. The second-order valence-corrected chi connectivity index (χ2v) is 5.83. The van der Waals surface area contributed by atoms with Gasteiger partial charge in [0.15, 0.2) is 0 Å². The lowest BCUT2D eigenvalue weighted by molar-refractivity contribution is -0.129. The monoisotopic (exact) mass is 334 g/mol. The van der Waals surface area contributed by atoms with Crippen molar-refractivity contribution >= 4 is 23.6 Å². The Bertz CT molecular complexity index is 660. The van der Waals surface area contributed by atoms with Crippen LogP contribution in [-0.4, -0.2) is 49.2 Å². The summed E-state index contributed by atoms with van der Waals surface area (Å²) in [5, 5.41) is 11.6. The van der Waals surface area contributed by atoms with Crippen molar-refractivity contribution in [1.82, 2.24) is 25.1 Å². The molecule has 0 radical (unpaired) electrons. The third-order valence-corrected chi connectivity index (χ3v) is 4.10. The predicted octanol–water partition coefficient (Wildman–Crippen LogP) is 0.206. The minimum atomic E-state index is -0.430. The average Bonchev–Trinajstić information content (AvgIpc) is 2.95. The first-order valence-electron chi connectivity index (χ1n) is 7.01. The van der Waals surface area contributed by atoms with E-state index in [4.69, 9.17) is 5.73 Å². The molecule has 2 N–H and O–H groups in total. The van der Waals surface area contributed by atoms with Crippen LogP contribution >= 0.6 is 11.8 Å². The van der Waals surface area contributed by atoms with Crippen LogP contribution < -0.4 is 5.73 Å². The van der Waals surface area contributed by atoms with Crippen LogP contribution in [0.2, 0.25) is 0 Å². The molecule has 0 aliphatic heterocycles. The third-order valence-electron chi connectivity index (χ3n) is 3.10. The lowest BCUT2D eigenvalue weighted by Crippen LogP contribution is -2.34. The summed E-state index contributed by atoms with van der Waals surface area (Å²) < 4.78 is 1.50. The fourth-order valence-corrected chi connectivity index (χ4v) is 2.65. The van der Waals surface area contributed by atoms with Gasteiger partial charge >= 0.3 is 0 Å². The summed E-state index contributed by atoms with van der Waals surface area (Å²) >= 11 is 1.25. The van der Waals surface area contributed by atoms with Gasteiger partial charge in [-0.3, -0.25) is 9.59 Å². The van der Waals surface area contributed by atoms with Crippen LogP contribution in [0.15, 0.2) is 35.5 Å². The fourth-order valence-electron chi connectivity index (χ4n) is 1.90. The van der Waals surface area contributed by atoms with E-state index in [1.165, 1.54) is 16.4 Å². The zero-order valence-electron chi connectivity index (χ0n) is 12.8. The summed E-state index contributed by atoms with van der Waals surface area (Å²) in [4.78, 5) is 25.1. The number of nitrogens with zero attached hydrogens (tertiary/aromatic N) is 5. The van der Waals surface area contributed by atoms with Crippen molar-refractivity contribution in [3.8, 4) is 0 Å². The van der Waals surface area contributed by atoms with E-state index in [0.29, 0.717) is 18.2 Å². The maximum atomic E-state index is 12.4. The Labute approximate surface area is 138 Å². The Kier molecular flexibility index (Phi) is 6.10. The minimum absolute atomic E-state index is 0.0943. The van der Waals surface area contributed by atoms with Crippen LogP contribution in [0.25, 0.3) is 0 Å². The number of tetrazole rings is 1. The average molecular weight is 334 g/mol. The van der Waals surface area contributed by atoms with Crippen LogP contribution in [0, 0.1) is 0 Å². The Morgan fingerprint density at radius 2 is 2.04 bits per heavy atom. The first kappa shape index (κ1) is 16.9. The van der Waals surface area contributed by atoms with E-state index < -0.39 is 5.91 Å². The van der Waals surface area contributed by atoms with Crippen LogP contribution in [0.1, 0.15) is 12.0 Å². The SMILES string of the molecule is Cn1nnnc1SCC(=O)N(CCC(N)=O)Cc1ccccc1. The van der Waals surface area contributed by atoms with Gasteiger partial charge in [-0.1, -0.05) is 42.1 Å². The number of carbonyl (C=O) groups excluding carboxylic acids is 2. The van der Waals surface area contributed by atoms with E-state index in [2.05, 4.69) is 15.5 Å². The summed E-state index contributed by atoms with van der Waals surface area (Å²) in [6, 6.07) is 9.60. The second-order valence-electron chi connectivity index (χ2n) is 4.89. The number of aryl methyl sites for hydroxylation is 1. The third kappa shape index (κ3) is 5.37. The molecule has 2 rings (SSSR count). The lowest BCUT2D eigenvalue weighted by Gasteiger charge is -2.22. The van der Waals surface area contributed by atoms with E-state index >= 15 is 0 Å². The van der Waals surface area contributed by atoms with E-state index in [0.717, 1.165) is 5.56 Å². The molecule has 1 aromatic heterocycles. The molecule has 0 atom stereocenters. The zero-order valence-corrected chi connectivity index (χ0v) is 13.6. The highest BCUT2D eigenvalue weighted by molar-refractivity contribution is 7.99. The van der Waals surface area contributed by atoms with Crippen LogP contribution in [0.4, 0.5) is 0 Å². The van der Waals surface area contributed by atoms with Crippen molar-refractivity contribution < 1.29 is 9.59 Å². The normalized spacial score (nSPS) is 10.5. The molecule has 8 nitrogen and oxygen atoms in total. The number of hydrogen-bond acceptors (Lipinski definition) is 6. The zero-order chi connectivity index (χ0) is 16.7. The summed E-state index contributed by atoms with van der Waals surface area (Å²) in [6.45, 7) is 0.727. The van der Waals surface area contributed by atoms with Crippen molar-refractivity contribution in [2.75, 3.05) is 12.3 Å². The number of aromatic nitrogens is 4. The highest BCUT2D eigenvalue weighted by Crippen LogP contribution is 2.14. The number of primary amides is 1. The molecule has 9 heteroatoms. The Morgan fingerprint density at radius 3 is 2.65 bits per heavy atom. The molecular weight excluding hydrogens is 316 g/mol. The summed E-state index contributed by atoms with van der Waals surface area (Å²) in [7, 11) is 1.71. The molecule has 2 aromatic rings. The van der Waals surface area contributed by atoms with Crippen LogP contribution in [0.3, 0.4) is 0 Å². The van der Waals surface area contributed by atoms with Gasteiger partial charge in [0.25, 0.3) is 0 Å². The van der Waals surface area contributed by atoms with Gasteiger partial charge < -0.3 is 10.6 Å². The van der Waals surface area contributed by atoms with Gasteiger partial charge in [-0.15, -0.1) is 5.10 Å². The topological polar surface area (TPSA) is 107 Å². The van der Waals surface area contributed by atoms with Gasteiger partial charge in [-0.05, 0) is 16.0 Å². The van der Waals surface area contributed by atoms with Crippen molar-refractivity contribution in [3.63, 3.8) is 0 Å². The van der Waals surface area contributed by atoms with E-state index in [-0.39, 0.29) is 18.1 Å². The maximum absolute atomic E-state index is 12.4. The largest absolute Gasteiger partial charge is 0.370 e. The molecule has 0 unspecified atom stereocenters. The molecule has 0 spiro atoms. The van der Waals surface area contributed by atoms with Crippen LogP contribution in [-0.2, 0) is 23.2 Å². The van der Waals surface area contributed by atoms with Gasteiger partial charge in [0, 0.05) is 26.6 Å². The number of benzene rings is 1. The Hall–Kier alpha value is -2.42. The number of carbonyl (C=O) groups is 2. The molecule has 0 saturated carbocycles. The summed E-state index contributed by atoms with van der Waals surface area (Å²) in [5.74, 6) is -0.330. The van der Waals surface area contributed by atoms with Gasteiger partial charge in [-0.25, -0.2) is 4.68 Å². The molecule has 0 bridgehead atoms. The van der Waals surface area contributed by atoms with E-state index in [1.54, 1.807) is 11.9 Å². The first-order chi connectivity index (χ1) is 11.1. The Morgan fingerprint density at radius 1 is 1.30 bits per heavy atom. The molecule has 1 aromatic carbocycles.